The number of esters is 1. The molecule has 1 aliphatic rings. The van der Waals surface area contributed by atoms with Crippen LogP contribution in [0, 0.1) is 19.8 Å². The molecule has 6 heteroatoms. The first-order valence-corrected chi connectivity index (χ1v) is 8.74. The topological polar surface area (TPSA) is 64.4 Å². The van der Waals surface area contributed by atoms with E-state index in [9.17, 15) is 9.59 Å². The first kappa shape index (κ1) is 18.6. The largest absolute Gasteiger partial charge is 0.467 e. The van der Waals surface area contributed by atoms with Crippen molar-refractivity contribution in [3.63, 3.8) is 0 Å². The van der Waals surface area contributed by atoms with Crippen LogP contribution in [0.3, 0.4) is 0 Å². The molecular weight excluding hydrogens is 306 g/mol. The Morgan fingerprint density at radius 3 is 2.42 bits per heavy atom. The molecule has 0 N–H and O–H groups in total. The van der Waals surface area contributed by atoms with E-state index in [4.69, 9.17) is 4.74 Å². The van der Waals surface area contributed by atoms with E-state index < -0.39 is 12.0 Å². The number of hydrogen-bond acceptors (Lipinski definition) is 5. The number of rotatable bonds is 7. The molecule has 2 rings (SSSR count). The van der Waals surface area contributed by atoms with Gasteiger partial charge in [-0.25, -0.2) is 9.48 Å². The Morgan fingerprint density at radius 2 is 1.92 bits per heavy atom. The van der Waals surface area contributed by atoms with Crippen LogP contribution >= 0.6 is 0 Å². The molecule has 1 aliphatic heterocycles. The predicted molar refractivity (Wildman–Crippen MR) is 93.2 cm³/mol. The van der Waals surface area contributed by atoms with Gasteiger partial charge < -0.3 is 9.64 Å². The number of ether oxygens (including phenoxy) is 1. The number of carbonyl (C=O) groups is 1. The molecule has 1 saturated heterocycles. The van der Waals surface area contributed by atoms with Crippen molar-refractivity contribution in [2.24, 2.45) is 5.92 Å². The van der Waals surface area contributed by atoms with Crippen LogP contribution in [-0.4, -0.2) is 47.4 Å². The highest BCUT2D eigenvalue weighted by molar-refractivity contribution is 5.73. The molecule has 6 nitrogen and oxygen atoms in total. The summed E-state index contributed by atoms with van der Waals surface area (Å²) < 4.78 is 6.26. The molecule has 1 aromatic heterocycles. The number of methoxy groups -OCH3 is 1. The Labute approximate surface area is 143 Å². The van der Waals surface area contributed by atoms with Crippen molar-refractivity contribution in [2.75, 3.05) is 26.7 Å². The first-order chi connectivity index (χ1) is 11.3. The summed E-state index contributed by atoms with van der Waals surface area (Å²) in [6, 6.07) is -0.662. The molecule has 1 atom stereocenters. The summed E-state index contributed by atoms with van der Waals surface area (Å²) in [7, 11) is 1.35. The molecule has 1 aromatic rings. The van der Waals surface area contributed by atoms with Crippen molar-refractivity contribution in [1.82, 2.24) is 14.7 Å². The monoisotopic (exact) mass is 335 g/mol. The zero-order valence-electron chi connectivity index (χ0n) is 15.5. The van der Waals surface area contributed by atoms with E-state index in [1.165, 1.54) is 18.2 Å². The Balaban J connectivity index is 2.36. The van der Waals surface area contributed by atoms with Crippen molar-refractivity contribution in [1.29, 1.82) is 0 Å². The third-order valence-corrected chi connectivity index (χ3v) is 4.83. The number of aromatic nitrogens is 2. The maximum atomic E-state index is 12.7. The number of likely N-dealkylation sites (tertiary alicyclic amines) is 1. The average Bonchev–Trinajstić information content (AvgIpc) is 2.50. The summed E-state index contributed by atoms with van der Waals surface area (Å²) >= 11 is 0. The van der Waals surface area contributed by atoms with Crippen LogP contribution in [0.15, 0.2) is 4.79 Å². The third-order valence-electron chi connectivity index (χ3n) is 4.83. The molecular formula is C18H29N3O3. The molecule has 0 unspecified atom stereocenters. The van der Waals surface area contributed by atoms with E-state index in [2.05, 4.69) is 10.00 Å². The Bertz CT molecular complexity index is 648. The minimum atomic E-state index is -0.662. The van der Waals surface area contributed by atoms with E-state index in [0.29, 0.717) is 12.0 Å². The molecule has 134 valence electrons. The van der Waals surface area contributed by atoms with Gasteiger partial charge in [0.1, 0.15) is 0 Å². The second-order valence-electron chi connectivity index (χ2n) is 7.06. The van der Waals surface area contributed by atoms with Gasteiger partial charge in [-0.1, -0.05) is 13.8 Å². The molecule has 24 heavy (non-hydrogen) atoms. The summed E-state index contributed by atoms with van der Waals surface area (Å²) in [6.07, 6.45) is 2.58. The highest BCUT2D eigenvalue weighted by Gasteiger charge is 2.26. The lowest BCUT2D eigenvalue weighted by atomic mass is 10.0. The van der Waals surface area contributed by atoms with Gasteiger partial charge in [0.05, 0.1) is 12.8 Å². The molecule has 0 saturated carbocycles. The van der Waals surface area contributed by atoms with Crippen LogP contribution in [0.4, 0.5) is 0 Å². The zero-order chi connectivity index (χ0) is 17.9. The minimum absolute atomic E-state index is 0.198. The van der Waals surface area contributed by atoms with Gasteiger partial charge in [0.2, 0.25) is 0 Å². The number of nitrogens with zero attached hydrogens (tertiary/aromatic N) is 3. The normalized spacial score (nSPS) is 16.1. The second-order valence-corrected chi connectivity index (χ2v) is 7.06. The van der Waals surface area contributed by atoms with E-state index in [0.717, 1.165) is 37.3 Å². The summed E-state index contributed by atoms with van der Waals surface area (Å²) in [6.45, 7) is 11.0. The lowest BCUT2D eigenvalue weighted by Crippen LogP contribution is -2.39. The lowest BCUT2D eigenvalue weighted by molar-refractivity contribution is -0.145. The van der Waals surface area contributed by atoms with E-state index in [1.54, 1.807) is 0 Å². The van der Waals surface area contributed by atoms with Crippen molar-refractivity contribution < 1.29 is 9.53 Å². The molecule has 0 spiro atoms. The minimum Gasteiger partial charge on any atom is -0.467 e. The van der Waals surface area contributed by atoms with Gasteiger partial charge in [-0.05, 0) is 51.3 Å². The lowest BCUT2D eigenvalue weighted by Gasteiger charge is -2.30. The molecule has 2 heterocycles. The quantitative estimate of drug-likeness (QED) is 0.712. The number of carbonyl (C=O) groups excluding carboxylic acids is 1. The summed E-state index contributed by atoms with van der Waals surface area (Å²) in [5.41, 5.74) is 2.30. The molecule has 0 bridgehead atoms. The van der Waals surface area contributed by atoms with Gasteiger partial charge in [0, 0.05) is 18.5 Å². The fraction of sp³-hybridized carbons (Fsp3) is 0.722. The fourth-order valence-corrected chi connectivity index (χ4v) is 3.00. The molecule has 0 radical (unpaired) electrons. The van der Waals surface area contributed by atoms with Gasteiger partial charge in [-0.2, -0.15) is 5.10 Å². The predicted octanol–water partition coefficient (Wildman–Crippen LogP) is 1.87. The Kier molecular flexibility index (Phi) is 6.15. The summed E-state index contributed by atoms with van der Waals surface area (Å²) in [4.78, 5) is 27.2. The Hall–Kier alpha value is -1.69. The maximum Gasteiger partial charge on any atom is 0.330 e. The standard InChI is InChI=1S/C18H29N3O3/c1-12(2)11-16(18(23)24-5)21-17(22)14(4)13(3)15(19-21)7-10-20-8-6-9-20/h12,16H,6-11H2,1-5H3/t16-/m0/s1. The van der Waals surface area contributed by atoms with E-state index in [1.807, 2.05) is 27.7 Å². The van der Waals surface area contributed by atoms with Crippen LogP contribution < -0.4 is 5.56 Å². The summed E-state index contributed by atoms with van der Waals surface area (Å²) in [5.74, 6) is -0.149. The first-order valence-electron chi connectivity index (χ1n) is 8.74. The van der Waals surface area contributed by atoms with Gasteiger partial charge in [-0.3, -0.25) is 4.79 Å². The second kappa shape index (κ2) is 7.92. The molecule has 0 aromatic carbocycles. The van der Waals surface area contributed by atoms with Crippen molar-refractivity contribution in [3.8, 4) is 0 Å². The summed E-state index contributed by atoms with van der Waals surface area (Å²) in [5, 5.41) is 4.56. The van der Waals surface area contributed by atoms with Crippen molar-refractivity contribution in [3.05, 3.63) is 27.2 Å². The molecule has 0 aliphatic carbocycles. The molecule has 1 fully saturated rings. The average molecular weight is 335 g/mol. The Morgan fingerprint density at radius 1 is 1.25 bits per heavy atom. The molecule has 0 amide bonds. The van der Waals surface area contributed by atoms with Crippen molar-refractivity contribution >= 4 is 5.97 Å². The van der Waals surface area contributed by atoms with Crippen molar-refractivity contribution in [2.45, 2.75) is 53.0 Å². The maximum absolute atomic E-state index is 12.7. The van der Waals surface area contributed by atoms with E-state index >= 15 is 0 Å². The van der Waals surface area contributed by atoms with Crippen LogP contribution in [-0.2, 0) is 16.0 Å². The van der Waals surface area contributed by atoms with Gasteiger partial charge in [-0.15, -0.1) is 0 Å². The third kappa shape index (κ3) is 4.04. The smallest absolute Gasteiger partial charge is 0.330 e. The number of hydrogen-bond donors (Lipinski definition) is 0. The van der Waals surface area contributed by atoms with Crippen LogP contribution in [0.5, 0.6) is 0 Å². The zero-order valence-corrected chi connectivity index (χ0v) is 15.5. The van der Waals surface area contributed by atoms with E-state index in [-0.39, 0.29) is 11.5 Å². The fourth-order valence-electron chi connectivity index (χ4n) is 3.00. The van der Waals surface area contributed by atoms with Gasteiger partial charge in [0.25, 0.3) is 5.56 Å². The van der Waals surface area contributed by atoms with Gasteiger partial charge in [0.15, 0.2) is 6.04 Å². The highest BCUT2D eigenvalue weighted by atomic mass is 16.5. The van der Waals surface area contributed by atoms with Crippen LogP contribution in [0.25, 0.3) is 0 Å². The SMILES string of the molecule is COC(=O)[C@H](CC(C)C)n1nc(CCN2CCC2)c(C)c(C)c1=O. The highest BCUT2D eigenvalue weighted by Crippen LogP contribution is 2.19. The van der Waals surface area contributed by atoms with Gasteiger partial charge >= 0.3 is 5.97 Å². The van der Waals surface area contributed by atoms with Crippen LogP contribution in [0.1, 0.15) is 49.6 Å². The van der Waals surface area contributed by atoms with Crippen LogP contribution in [0.2, 0.25) is 0 Å².